The second-order valence-electron chi connectivity index (χ2n) is 3.32. The summed E-state index contributed by atoms with van der Waals surface area (Å²) in [6.45, 7) is 5.29. The van der Waals surface area contributed by atoms with E-state index >= 15 is 0 Å². The number of hydrogen-bond acceptors (Lipinski definition) is 4. The van der Waals surface area contributed by atoms with E-state index in [-0.39, 0.29) is 5.56 Å². The van der Waals surface area contributed by atoms with Gasteiger partial charge in [-0.15, -0.1) is 5.10 Å². The SMILES string of the molecule is CCCn1cnc2c(nnn2CC)c1=O. The Kier molecular flexibility index (Phi) is 2.49. The molecule has 2 aromatic heterocycles. The van der Waals surface area contributed by atoms with Crippen LogP contribution in [0.5, 0.6) is 0 Å². The summed E-state index contributed by atoms with van der Waals surface area (Å²) in [5, 5.41) is 7.72. The van der Waals surface area contributed by atoms with Gasteiger partial charge in [0, 0.05) is 13.1 Å². The van der Waals surface area contributed by atoms with E-state index < -0.39 is 0 Å². The molecule has 15 heavy (non-hydrogen) atoms. The Morgan fingerprint density at radius 2 is 2.20 bits per heavy atom. The van der Waals surface area contributed by atoms with Crippen LogP contribution in [0.15, 0.2) is 11.1 Å². The molecule has 2 aromatic rings. The van der Waals surface area contributed by atoms with Gasteiger partial charge in [-0.3, -0.25) is 9.36 Å². The van der Waals surface area contributed by atoms with Crippen LogP contribution in [0.25, 0.3) is 11.2 Å². The largest absolute Gasteiger partial charge is 0.297 e. The average molecular weight is 207 g/mol. The highest BCUT2D eigenvalue weighted by Gasteiger charge is 2.09. The molecule has 0 amide bonds. The summed E-state index contributed by atoms with van der Waals surface area (Å²) in [6, 6.07) is 0. The lowest BCUT2D eigenvalue weighted by Crippen LogP contribution is -2.20. The molecule has 0 fully saturated rings. The number of aryl methyl sites for hydroxylation is 2. The number of rotatable bonds is 3. The Balaban J connectivity index is 2.65. The molecule has 0 aliphatic heterocycles. The Morgan fingerprint density at radius 3 is 2.87 bits per heavy atom. The minimum absolute atomic E-state index is 0.110. The smallest absolute Gasteiger partial charge is 0.283 e. The first kappa shape index (κ1) is 9.82. The highest BCUT2D eigenvalue weighted by Crippen LogP contribution is 2.01. The van der Waals surface area contributed by atoms with Crippen molar-refractivity contribution in [1.82, 2.24) is 24.5 Å². The zero-order valence-electron chi connectivity index (χ0n) is 8.84. The van der Waals surface area contributed by atoms with Crippen LogP contribution in [0.4, 0.5) is 0 Å². The van der Waals surface area contributed by atoms with Crippen molar-refractivity contribution in [1.29, 1.82) is 0 Å². The predicted molar refractivity (Wildman–Crippen MR) is 55.5 cm³/mol. The standard InChI is InChI=1S/C9H13N5O/c1-3-5-13-6-10-8-7(9(13)15)11-12-14(8)4-2/h6H,3-5H2,1-2H3. The fraction of sp³-hybridized carbons (Fsp3) is 0.556. The van der Waals surface area contributed by atoms with E-state index in [9.17, 15) is 4.79 Å². The first-order valence-electron chi connectivity index (χ1n) is 5.06. The van der Waals surface area contributed by atoms with Crippen molar-refractivity contribution < 1.29 is 0 Å². The van der Waals surface area contributed by atoms with Crippen molar-refractivity contribution in [2.45, 2.75) is 33.4 Å². The molecule has 0 radical (unpaired) electrons. The van der Waals surface area contributed by atoms with Gasteiger partial charge in [-0.1, -0.05) is 12.1 Å². The second-order valence-corrected chi connectivity index (χ2v) is 3.32. The molecule has 2 rings (SSSR count). The van der Waals surface area contributed by atoms with Crippen molar-refractivity contribution in [2.24, 2.45) is 0 Å². The van der Waals surface area contributed by atoms with Crippen LogP contribution >= 0.6 is 0 Å². The van der Waals surface area contributed by atoms with Gasteiger partial charge in [0.05, 0.1) is 0 Å². The summed E-state index contributed by atoms with van der Waals surface area (Å²) in [5.41, 5.74) is 0.809. The zero-order valence-corrected chi connectivity index (χ0v) is 8.84. The Morgan fingerprint density at radius 1 is 1.40 bits per heavy atom. The molecule has 6 nitrogen and oxygen atoms in total. The van der Waals surface area contributed by atoms with Gasteiger partial charge in [-0.2, -0.15) is 0 Å². The second kappa shape index (κ2) is 3.80. The third-order valence-electron chi connectivity index (χ3n) is 2.26. The molecule has 0 unspecified atom stereocenters. The molecule has 0 aliphatic carbocycles. The fourth-order valence-corrected chi connectivity index (χ4v) is 1.50. The van der Waals surface area contributed by atoms with Crippen LogP contribution < -0.4 is 5.56 Å². The molecular formula is C9H13N5O. The topological polar surface area (TPSA) is 65.6 Å². The van der Waals surface area contributed by atoms with E-state index in [0.29, 0.717) is 24.3 Å². The van der Waals surface area contributed by atoms with Gasteiger partial charge in [0.25, 0.3) is 5.56 Å². The van der Waals surface area contributed by atoms with Crippen LogP contribution in [0.3, 0.4) is 0 Å². The van der Waals surface area contributed by atoms with Crippen LogP contribution in [0, 0.1) is 0 Å². The van der Waals surface area contributed by atoms with Crippen LogP contribution in [-0.4, -0.2) is 24.5 Å². The summed E-state index contributed by atoms with van der Waals surface area (Å²) in [4.78, 5) is 16.0. The van der Waals surface area contributed by atoms with Gasteiger partial charge in [-0.25, -0.2) is 9.67 Å². The van der Waals surface area contributed by atoms with E-state index in [1.807, 2.05) is 13.8 Å². The van der Waals surface area contributed by atoms with Crippen LogP contribution in [-0.2, 0) is 13.1 Å². The average Bonchev–Trinajstić information content (AvgIpc) is 2.66. The summed E-state index contributed by atoms with van der Waals surface area (Å²) in [7, 11) is 0. The number of nitrogens with zero attached hydrogens (tertiary/aromatic N) is 5. The molecule has 0 spiro atoms. The lowest BCUT2D eigenvalue weighted by atomic mass is 10.4. The molecule has 0 atom stereocenters. The normalized spacial score (nSPS) is 11.1. The van der Waals surface area contributed by atoms with Gasteiger partial charge >= 0.3 is 0 Å². The minimum Gasteiger partial charge on any atom is -0.297 e. The van der Waals surface area contributed by atoms with Crippen molar-refractivity contribution in [3.8, 4) is 0 Å². The van der Waals surface area contributed by atoms with Crippen LogP contribution in [0.2, 0.25) is 0 Å². The van der Waals surface area contributed by atoms with Crippen molar-refractivity contribution in [3.05, 3.63) is 16.7 Å². The van der Waals surface area contributed by atoms with Gasteiger partial charge in [0.1, 0.15) is 6.33 Å². The molecular weight excluding hydrogens is 194 g/mol. The molecule has 0 N–H and O–H groups in total. The monoisotopic (exact) mass is 207 g/mol. The summed E-state index contributed by atoms with van der Waals surface area (Å²) < 4.78 is 3.18. The molecule has 2 heterocycles. The van der Waals surface area contributed by atoms with Gasteiger partial charge in [-0.05, 0) is 13.3 Å². The fourth-order valence-electron chi connectivity index (χ4n) is 1.50. The van der Waals surface area contributed by atoms with Crippen molar-refractivity contribution >= 4 is 11.2 Å². The Labute approximate surface area is 86.5 Å². The highest BCUT2D eigenvalue weighted by atomic mass is 16.1. The zero-order chi connectivity index (χ0) is 10.8. The minimum atomic E-state index is -0.110. The molecule has 80 valence electrons. The predicted octanol–water partition coefficient (Wildman–Crippen LogP) is 0.418. The van der Waals surface area contributed by atoms with E-state index in [1.54, 1.807) is 15.6 Å². The molecule has 0 aromatic carbocycles. The number of hydrogen-bond donors (Lipinski definition) is 0. The quantitative estimate of drug-likeness (QED) is 0.731. The summed E-state index contributed by atoms with van der Waals surface area (Å²) >= 11 is 0. The van der Waals surface area contributed by atoms with E-state index in [0.717, 1.165) is 6.42 Å². The highest BCUT2D eigenvalue weighted by molar-refractivity contribution is 5.67. The number of fused-ring (bicyclic) bond motifs is 1. The summed E-state index contributed by atoms with van der Waals surface area (Å²) in [6.07, 6.45) is 2.46. The third kappa shape index (κ3) is 1.51. The maximum atomic E-state index is 11.9. The van der Waals surface area contributed by atoms with Gasteiger partial charge < -0.3 is 0 Å². The number of aromatic nitrogens is 5. The first-order chi connectivity index (χ1) is 7.27. The molecule has 0 saturated carbocycles. The van der Waals surface area contributed by atoms with Crippen molar-refractivity contribution in [3.63, 3.8) is 0 Å². The molecule has 0 aliphatic rings. The Bertz CT molecular complexity index is 527. The lowest BCUT2D eigenvalue weighted by Gasteiger charge is -2.01. The molecule has 0 saturated heterocycles. The lowest BCUT2D eigenvalue weighted by molar-refractivity contribution is 0.634. The van der Waals surface area contributed by atoms with E-state index in [2.05, 4.69) is 15.3 Å². The maximum absolute atomic E-state index is 11.9. The summed E-state index contributed by atoms with van der Waals surface area (Å²) in [5.74, 6) is 0. The maximum Gasteiger partial charge on any atom is 0.283 e. The van der Waals surface area contributed by atoms with Gasteiger partial charge in [0.15, 0.2) is 11.2 Å². The molecule has 6 heteroatoms. The van der Waals surface area contributed by atoms with Gasteiger partial charge in [0.2, 0.25) is 0 Å². The first-order valence-corrected chi connectivity index (χ1v) is 5.06. The Hall–Kier alpha value is -1.72. The third-order valence-corrected chi connectivity index (χ3v) is 2.26. The van der Waals surface area contributed by atoms with E-state index in [4.69, 9.17) is 0 Å². The van der Waals surface area contributed by atoms with Crippen molar-refractivity contribution in [2.75, 3.05) is 0 Å². The molecule has 0 bridgehead atoms. The van der Waals surface area contributed by atoms with Crippen LogP contribution in [0.1, 0.15) is 20.3 Å². The van der Waals surface area contributed by atoms with E-state index in [1.165, 1.54) is 0 Å².